The Morgan fingerprint density at radius 2 is 1.44 bits per heavy atom. The molecule has 1 unspecified atom stereocenters. The molecule has 0 radical (unpaired) electrons. The summed E-state index contributed by atoms with van der Waals surface area (Å²) in [6.45, 7) is 0. The lowest BCUT2D eigenvalue weighted by atomic mass is 9.76. The fourth-order valence-corrected chi connectivity index (χ4v) is 5.65. The Kier molecular flexibility index (Phi) is 4.40. The number of hydrogen-bond donors (Lipinski definition) is 0. The van der Waals surface area contributed by atoms with Gasteiger partial charge in [-0.25, -0.2) is 4.67 Å². The average molecular weight is 438 g/mol. The number of aryl methyl sites for hydroxylation is 1. The predicted molar refractivity (Wildman–Crippen MR) is 141 cm³/mol. The summed E-state index contributed by atoms with van der Waals surface area (Å²) in [6.07, 6.45) is 7.68. The minimum absolute atomic E-state index is 0.567. The quantitative estimate of drug-likeness (QED) is 0.348. The lowest BCUT2D eigenvalue weighted by molar-refractivity contribution is 0.616. The number of hydrogen-bond acceptors (Lipinski definition) is 1. The van der Waals surface area contributed by atoms with Crippen LogP contribution in [0.2, 0.25) is 0 Å². The van der Waals surface area contributed by atoms with Crippen LogP contribution in [0.15, 0.2) is 103 Å². The third-order valence-electron chi connectivity index (χ3n) is 7.44. The molecule has 2 nitrogen and oxygen atoms in total. The third-order valence-corrected chi connectivity index (χ3v) is 7.44. The molecule has 1 aliphatic carbocycles. The van der Waals surface area contributed by atoms with Crippen molar-refractivity contribution >= 4 is 17.7 Å². The Morgan fingerprint density at radius 1 is 0.706 bits per heavy atom. The van der Waals surface area contributed by atoms with Crippen LogP contribution in [0.1, 0.15) is 45.7 Å². The molecule has 0 aromatic heterocycles. The predicted octanol–water partition coefficient (Wildman–Crippen LogP) is 6.19. The fourth-order valence-electron chi connectivity index (χ4n) is 5.65. The lowest BCUT2D eigenvalue weighted by Gasteiger charge is -2.28. The Morgan fingerprint density at radius 3 is 2.32 bits per heavy atom. The summed E-state index contributed by atoms with van der Waals surface area (Å²) in [5.41, 5.74) is 10.8. The molecule has 162 valence electrons. The maximum atomic E-state index is 4.86. The first-order chi connectivity index (χ1) is 16.8. The summed E-state index contributed by atoms with van der Waals surface area (Å²) in [4.78, 5) is 2.20. The number of amidine groups is 2. The van der Waals surface area contributed by atoms with Crippen molar-refractivity contribution in [3.8, 4) is 11.1 Å². The topological polar surface area (TPSA) is 17.3 Å². The third kappa shape index (κ3) is 3.08. The van der Waals surface area contributed by atoms with Crippen molar-refractivity contribution in [2.75, 3.05) is 0 Å². The zero-order valence-electron chi connectivity index (χ0n) is 19.0. The first-order valence-corrected chi connectivity index (χ1v) is 12.1. The fraction of sp³-hybridized carbons (Fsp3) is 0.125. The zero-order chi connectivity index (χ0) is 22.5. The van der Waals surface area contributed by atoms with Crippen LogP contribution >= 0.6 is 0 Å². The Labute approximate surface area is 200 Å². The van der Waals surface area contributed by atoms with E-state index in [0.29, 0.717) is 5.92 Å². The Bertz CT molecular complexity index is 1520. The van der Waals surface area contributed by atoms with E-state index in [4.69, 9.17) is 4.67 Å². The second-order valence-corrected chi connectivity index (χ2v) is 9.41. The first-order valence-electron chi connectivity index (χ1n) is 12.1. The molecule has 4 aromatic carbocycles. The highest BCUT2D eigenvalue weighted by Crippen LogP contribution is 2.41. The normalized spacial score (nSPS) is 16.9. The van der Waals surface area contributed by atoms with E-state index in [-0.39, 0.29) is 0 Å². The number of fused-ring (bicyclic) bond motifs is 6. The molecule has 0 saturated heterocycles. The van der Waals surface area contributed by atoms with Gasteiger partial charge in [0, 0.05) is 0 Å². The van der Waals surface area contributed by atoms with E-state index in [0.717, 1.165) is 30.9 Å². The molecule has 0 saturated carbocycles. The van der Waals surface area contributed by atoms with E-state index >= 15 is 0 Å². The van der Waals surface area contributed by atoms with Crippen LogP contribution < -0.4 is 4.67 Å². The molecule has 0 amide bonds. The highest BCUT2D eigenvalue weighted by atomic mass is 15.3. The van der Waals surface area contributed by atoms with Gasteiger partial charge in [0.25, 0.3) is 0 Å². The standard InChI is InChI=1S/C32H25N2/c1-4-11-29-23(7-1)19-20-34-31(33-32(29)34)24-16-13-22(14-17-24)15-18-26-21-25-8-2-3-9-27(25)30-12-6-5-10-28(26)30/h1-14,16-17,19-20,26H,15,18,21H2/q+1. The van der Waals surface area contributed by atoms with Gasteiger partial charge in [0.15, 0.2) is 0 Å². The second kappa shape index (κ2) is 7.73. The maximum absolute atomic E-state index is 4.86. The highest BCUT2D eigenvalue weighted by molar-refractivity contribution is 6.24. The minimum atomic E-state index is 0.567. The molecule has 2 aliphatic heterocycles. The molecule has 0 spiro atoms. The van der Waals surface area contributed by atoms with Gasteiger partial charge in [0.05, 0.1) is 17.3 Å². The minimum Gasteiger partial charge on any atom is -0.229 e. The molecule has 0 N–H and O–H groups in total. The van der Waals surface area contributed by atoms with Crippen LogP contribution in [-0.4, -0.2) is 16.6 Å². The summed E-state index contributed by atoms with van der Waals surface area (Å²) in [7, 11) is 0. The zero-order valence-corrected chi connectivity index (χ0v) is 19.0. The van der Waals surface area contributed by atoms with E-state index in [2.05, 4.69) is 114 Å². The molecular formula is C32H25N2+. The van der Waals surface area contributed by atoms with Crippen LogP contribution in [0.5, 0.6) is 0 Å². The SMILES string of the molecule is C1=CN2C(c3ccc(CCC4Cc5ccccc5-c5ccccc54)cc3)=[N+]=C2c2ccccc21. The highest BCUT2D eigenvalue weighted by Gasteiger charge is 2.38. The lowest BCUT2D eigenvalue weighted by Crippen LogP contribution is -2.47. The van der Waals surface area contributed by atoms with Gasteiger partial charge in [0.2, 0.25) is 0 Å². The van der Waals surface area contributed by atoms with Gasteiger partial charge in [-0.1, -0.05) is 78.9 Å². The molecule has 0 fully saturated rings. The van der Waals surface area contributed by atoms with Crippen LogP contribution in [0.4, 0.5) is 0 Å². The molecule has 2 heteroatoms. The summed E-state index contributed by atoms with van der Waals surface area (Å²) >= 11 is 0. The molecule has 7 rings (SSSR count). The monoisotopic (exact) mass is 437 g/mol. The van der Waals surface area contributed by atoms with E-state index in [9.17, 15) is 0 Å². The largest absolute Gasteiger partial charge is 0.332 e. The Hall–Kier alpha value is -4.13. The van der Waals surface area contributed by atoms with Crippen LogP contribution in [0, 0.1) is 0 Å². The van der Waals surface area contributed by atoms with E-state index in [1.165, 1.54) is 44.5 Å². The molecule has 3 aliphatic rings. The second-order valence-electron chi connectivity index (χ2n) is 9.41. The van der Waals surface area contributed by atoms with Gasteiger partial charge in [-0.3, -0.25) is 0 Å². The number of benzene rings is 4. The molecular weight excluding hydrogens is 412 g/mol. The van der Waals surface area contributed by atoms with E-state index in [1.54, 1.807) is 0 Å². The van der Waals surface area contributed by atoms with Crippen molar-refractivity contribution in [1.29, 1.82) is 0 Å². The van der Waals surface area contributed by atoms with Gasteiger partial charge in [-0.05, 0) is 82.8 Å². The molecule has 1 atom stereocenters. The van der Waals surface area contributed by atoms with E-state index < -0.39 is 0 Å². The molecule has 4 aromatic rings. The van der Waals surface area contributed by atoms with Gasteiger partial charge in [0.1, 0.15) is 0 Å². The molecule has 34 heavy (non-hydrogen) atoms. The van der Waals surface area contributed by atoms with Crippen molar-refractivity contribution in [3.63, 3.8) is 0 Å². The maximum Gasteiger partial charge on any atom is 0.332 e. The van der Waals surface area contributed by atoms with Crippen LogP contribution in [0.25, 0.3) is 17.2 Å². The average Bonchev–Trinajstić information content (AvgIpc) is 2.88. The van der Waals surface area contributed by atoms with Crippen LogP contribution in [0.3, 0.4) is 0 Å². The summed E-state index contributed by atoms with van der Waals surface area (Å²) in [5.74, 6) is 2.65. The van der Waals surface area contributed by atoms with E-state index in [1.807, 2.05) is 0 Å². The smallest absolute Gasteiger partial charge is 0.229 e. The van der Waals surface area contributed by atoms with Gasteiger partial charge in [-0.2, -0.15) is 4.90 Å². The van der Waals surface area contributed by atoms with Crippen LogP contribution in [-0.2, 0) is 12.8 Å². The van der Waals surface area contributed by atoms with Crippen molar-refractivity contribution in [1.82, 2.24) is 9.57 Å². The molecule has 2 heterocycles. The Balaban J connectivity index is 1.10. The van der Waals surface area contributed by atoms with Gasteiger partial charge < -0.3 is 0 Å². The molecule has 0 bridgehead atoms. The summed E-state index contributed by atoms with van der Waals surface area (Å²) in [5, 5.41) is 0. The summed E-state index contributed by atoms with van der Waals surface area (Å²) < 4.78 is 4.86. The van der Waals surface area contributed by atoms with Crippen molar-refractivity contribution < 1.29 is 0 Å². The van der Waals surface area contributed by atoms with Gasteiger partial charge >= 0.3 is 11.7 Å². The van der Waals surface area contributed by atoms with Crippen molar-refractivity contribution in [3.05, 3.63) is 137 Å². The number of nitrogens with zero attached hydrogens (tertiary/aromatic N) is 2. The summed E-state index contributed by atoms with van der Waals surface area (Å²) in [6, 6.07) is 35.3. The first kappa shape index (κ1) is 19.3. The van der Waals surface area contributed by atoms with Crippen molar-refractivity contribution in [2.45, 2.75) is 25.2 Å². The number of rotatable bonds is 4. The van der Waals surface area contributed by atoms with Gasteiger partial charge in [-0.15, -0.1) is 0 Å². The van der Waals surface area contributed by atoms with Crippen molar-refractivity contribution in [2.24, 2.45) is 0 Å².